The topological polar surface area (TPSA) is 98.9 Å². The molecule has 5 heterocycles. The highest BCUT2D eigenvalue weighted by molar-refractivity contribution is 5.95. The van der Waals surface area contributed by atoms with Gasteiger partial charge in [0.15, 0.2) is 17.4 Å². The summed E-state index contributed by atoms with van der Waals surface area (Å²) in [5.41, 5.74) is 0.491. The Labute approximate surface area is 165 Å². The van der Waals surface area contributed by atoms with E-state index >= 15 is 0 Å². The number of pyridine rings is 1. The zero-order valence-electron chi connectivity index (χ0n) is 15.7. The van der Waals surface area contributed by atoms with E-state index in [0.29, 0.717) is 25.6 Å². The Morgan fingerprint density at radius 3 is 3.00 bits per heavy atom. The number of ether oxygens (including phenoxy) is 1. The van der Waals surface area contributed by atoms with Crippen LogP contribution in [0, 0.1) is 5.82 Å². The van der Waals surface area contributed by atoms with Crippen LogP contribution in [0.15, 0.2) is 30.9 Å². The Balaban J connectivity index is 1.54. The van der Waals surface area contributed by atoms with Crippen LogP contribution in [0.3, 0.4) is 0 Å². The number of anilines is 1. The summed E-state index contributed by atoms with van der Waals surface area (Å²) in [5, 5.41) is 8.43. The number of rotatable bonds is 4. The third-order valence-corrected chi connectivity index (χ3v) is 5.51. The molecule has 1 unspecified atom stereocenters. The Morgan fingerprint density at radius 1 is 1.31 bits per heavy atom. The number of fused-ring (bicyclic) bond motifs is 6. The summed E-state index contributed by atoms with van der Waals surface area (Å²) in [6.07, 6.45) is 5.10. The molecule has 2 aliphatic heterocycles. The predicted octanol–water partition coefficient (Wildman–Crippen LogP) is 1.47. The van der Waals surface area contributed by atoms with Crippen LogP contribution in [-0.2, 0) is 16.7 Å². The summed E-state index contributed by atoms with van der Waals surface area (Å²) in [4.78, 5) is 27.6. The van der Waals surface area contributed by atoms with Gasteiger partial charge in [0, 0.05) is 6.54 Å². The van der Waals surface area contributed by atoms with Gasteiger partial charge < -0.3 is 9.64 Å². The lowest BCUT2D eigenvalue weighted by atomic mass is 9.90. The van der Waals surface area contributed by atoms with Gasteiger partial charge in [-0.1, -0.05) is 6.92 Å². The van der Waals surface area contributed by atoms with Gasteiger partial charge in [-0.25, -0.2) is 14.4 Å². The highest BCUT2D eigenvalue weighted by Gasteiger charge is 2.48. The van der Waals surface area contributed by atoms with E-state index in [4.69, 9.17) is 9.72 Å². The molecular weight excluding hydrogens is 377 g/mol. The van der Waals surface area contributed by atoms with Crippen LogP contribution in [0.4, 0.5) is 10.2 Å². The molecule has 0 spiro atoms. The summed E-state index contributed by atoms with van der Waals surface area (Å²) >= 11 is 0. The smallest absolute Gasteiger partial charge is 0.188 e. The molecule has 148 valence electrons. The van der Waals surface area contributed by atoms with Crippen LogP contribution in [0.5, 0.6) is 0 Å². The minimum Gasteiger partial charge on any atom is -0.377 e. The maximum Gasteiger partial charge on any atom is 0.188 e. The van der Waals surface area contributed by atoms with E-state index in [1.165, 1.54) is 12.1 Å². The number of Topliss-reactive ketones (excluding diaryl/α,β-unsaturated/α-hetero) is 1. The molecule has 10 heteroatoms. The highest BCUT2D eigenvalue weighted by Crippen LogP contribution is 2.43. The molecule has 2 aliphatic rings. The fourth-order valence-electron chi connectivity index (χ4n) is 3.99. The molecule has 0 amide bonds. The van der Waals surface area contributed by atoms with Crippen LogP contribution < -0.4 is 4.90 Å². The van der Waals surface area contributed by atoms with Crippen molar-refractivity contribution in [3.05, 3.63) is 54.0 Å². The molecule has 29 heavy (non-hydrogen) atoms. The molecular formula is C19H18FN7O2. The first-order valence-corrected chi connectivity index (χ1v) is 9.39. The quantitative estimate of drug-likeness (QED) is 0.613. The summed E-state index contributed by atoms with van der Waals surface area (Å²) in [6, 6.07) is 2.58. The van der Waals surface area contributed by atoms with Gasteiger partial charge in [0.2, 0.25) is 0 Å². The second-order valence-corrected chi connectivity index (χ2v) is 7.07. The molecule has 9 nitrogen and oxygen atoms in total. The van der Waals surface area contributed by atoms with Crippen molar-refractivity contribution in [2.75, 3.05) is 24.7 Å². The van der Waals surface area contributed by atoms with Crippen LogP contribution >= 0.6 is 0 Å². The zero-order chi connectivity index (χ0) is 20.0. The van der Waals surface area contributed by atoms with Crippen LogP contribution in [0.2, 0.25) is 0 Å². The third kappa shape index (κ3) is 2.70. The minimum atomic E-state index is -0.487. The van der Waals surface area contributed by atoms with E-state index in [1.807, 2.05) is 4.57 Å². The molecule has 0 N–H and O–H groups in total. The van der Waals surface area contributed by atoms with E-state index in [2.05, 4.69) is 32.0 Å². The molecule has 3 aromatic rings. The second kappa shape index (κ2) is 6.66. The third-order valence-electron chi connectivity index (χ3n) is 5.51. The van der Waals surface area contributed by atoms with Crippen molar-refractivity contribution in [2.45, 2.75) is 25.3 Å². The Bertz CT molecular complexity index is 1080. The highest BCUT2D eigenvalue weighted by atomic mass is 19.1. The van der Waals surface area contributed by atoms with E-state index in [0.717, 1.165) is 29.9 Å². The number of ketones is 1. The van der Waals surface area contributed by atoms with Crippen molar-refractivity contribution in [3.63, 3.8) is 0 Å². The van der Waals surface area contributed by atoms with Gasteiger partial charge in [-0.05, 0) is 18.6 Å². The molecule has 5 rings (SSSR count). The Kier molecular flexibility index (Phi) is 4.09. The lowest BCUT2D eigenvalue weighted by molar-refractivity contribution is 0.0390. The molecule has 0 saturated carbocycles. The van der Waals surface area contributed by atoms with Crippen LogP contribution in [0.25, 0.3) is 5.69 Å². The molecule has 0 aromatic carbocycles. The first-order valence-electron chi connectivity index (χ1n) is 9.39. The number of hydrogen-bond acceptors (Lipinski definition) is 8. The van der Waals surface area contributed by atoms with Gasteiger partial charge in [0.1, 0.15) is 34.9 Å². The number of carbonyl (C=O) groups excluding carboxylic acids is 1. The molecule has 0 bridgehead atoms. The molecule has 0 radical (unpaired) electrons. The average Bonchev–Trinajstić information content (AvgIpc) is 3.25. The average molecular weight is 395 g/mol. The summed E-state index contributed by atoms with van der Waals surface area (Å²) in [5.74, 6) is 1.16. The number of hydrogen-bond donors (Lipinski definition) is 0. The number of carbonyl (C=O) groups is 1. The van der Waals surface area contributed by atoms with Crippen molar-refractivity contribution < 1.29 is 13.9 Å². The predicted molar refractivity (Wildman–Crippen MR) is 99.3 cm³/mol. The Hall–Kier alpha value is -3.27. The van der Waals surface area contributed by atoms with Gasteiger partial charge in [0.25, 0.3) is 0 Å². The van der Waals surface area contributed by atoms with Crippen molar-refractivity contribution in [1.82, 2.24) is 29.7 Å². The standard InChI is InChI=1S/C19H18FN7O2/c1-2-19-10-29-6-5-27(19)17-14(26-11-23-25-18(19)26)9-22-16(24-17)7-15(28)13-4-3-12(20)8-21-13/h3-4,8-9,11H,2,5-7,10H2,1H3. The first-order chi connectivity index (χ1) is 14.1. The maximum absolute atomic E-state index is 13.1. The molecule has 0 aliphatic carbocycles. The second-order valence-electron chi connectivity index (χ2n) is 7.07. The van der Waals surface area contributed by atoms with Gasteiger partial charge >= 0.3 is 0 Å². The minimum absolute atomic E-state index is 0.0234. The first kappa shape index (κ1) is 17.8. The zero-order valence-corrected chi connectivity index (χ0v) is 15.7. The summed E-state index contributed by atoms with van der Waals surface area (Å²) in [7, 11) is 0. The van der Waals surface area contributed by atoms with Crippen molar-refractivity contribution in [1.29, 1.82) is 0 Å². The fraction of sp³-hybridized carbons (Fsp3) is 0.368. The van der Waals surface area contributed by atoms with Crippen molar-refractivity contribution in [3.8, 4) is 5.69 Å². The SMILES string of the molecule is CCC12COCCN1c1nc(CC(=O)c3ccc(F)cn3)ncc1-n1cnnc12. The molecule has 1 saturated heterocycles. The normalized spacial score (nSPS) is 20.0. The van der Waals surface area contributed by atoms with E-state index in [1.54, 1.807) is 12.5 Å². The van der Waals surface area contributed by atoms with Gasteiger partial charge in [-0.3, -0.25) is 14.3 Å². The van der Waals surface area contributed by atoms with Crippen molar-refractivity contribution >= 4 is 11.6 Å². The van der Waals surface area contributed by atoms with Gasteiger partial charge in [-0.15, -0.1) is 10.2 Å². The van der Waals surface area contributed by atoms with E-state index < -0.39 is 11.4 Å². The number of nitrogens with zero attached hydrogens (tertiary/aromatic N) is 7. The summed E-state index contributed by atoms with van der Waals surface area (Å²) < 4.78 is 20.7. The van der Waals surface area contributed by atoms with Crippen LogP contribution in [-0.4, -0.2) is 55.3 Å². The van der Waals surface area contributed by atoms with Crippen molar-refractivity contribution in [2.24, 2.45) is 0 Å². The van der Waals surface area contributed by atoms with Gasteiger partial charge in [-0.2, -0.15) is 0 Å². The van der Waals surface area contributed by atoms with E-state index in [9.17, 15) is 9.18 Å². The van der Waals surface area contributed by atoms with E-state index in [-0.39, 0.29) is 17.9 Å². The number of aromatic nitrogens is 6. The van der Waals surface area contributed by atoms with Gasteiger partial charge in [0.05, 0.1) is 32.0 Å². The lowest BCUT2D eigenvalue weighted by Crippen LogP contribution is -2.58. The fourth-order valence-corrected chi connectivity index (χ4v) is 3.99. The molecule has 3 aromatic heterocycles. The molecule has 1 atom stereocenters. The number of halogens is 1. The number of morpholine rings is 1. The maximum atomic E-state index is 13.1. The summed E-state index contributed by atoms with van der Waals surface area (Å²) in [6.45, 7) is 3.79. The largest absolute Gasteiger partial charge is 0.377 e. The Morgan fingerprint density at radius 2 is 2.21 bits per heavy atom. The monoisotopic (exact) mass is 395 g/mol. The lowest BCUT2D eigenvalue weighted by Gasteiger charge is -2.49. The molecule has 1 fully saturated rings. The van der Waals surface area contributed by atoms with Crippen LogP contribution in [0.1, 0.15) is 35.5 Å².